The Morgan fingerprint density at radius 2 is 1.71 bits per heavy atom. The van der Waals surface area contributed by atoms with E-state index in [0.717, 1.165) is 0 Å². The second kappa shape index (κ2) is 4.75. The highest BCUT2D eigenvalue weighted by Crippen LogP contribution is 2.05. The number of hydrogen-bond acceptors (Lipinski definition) is 1. The molecule has 0 aliphatic heterocycles. The first-order valence-electron chi connectivity index (χ1n) is 4.85. The Morgan fingerprint density at radius 3 is 2.29 bits per heavy atom. The van der Waals surface area contributed by atoms with E-state index in [-0.39, 0.29) is 5.54 Å². The van der Waals surface area contributed by atoms with E-state index in [1.807, 2.05) is 30.5 Å². The molecule has 0 amide bonds. The maximum Gasteiger partial charge on any atom is 0.0524 e. The van der Waals surface area contributed by atoms with Crippen LogP contribution in [0.3, 0.4) is 0 Å². The van der Waals surface area contributed by atoms with Crippen molar-refractivity contribution >= 4 is 12.3 Å². The first kappa shape index (κ1) is 10.7. The molecular formula is C13H17N. The molecule has 0 saturated heterocycles. The maximum atomic E-state index is 4.36. The fourth-order valence-electron chi connectivity index (χ4n) is 0.985. The van der Waals surface area contributed by atoms with Crippen molar-refractivity contribution in [2.24, 2.45) is 4.99 Å². The van der Waals surface area contributed by atoms with Crippen molar-refractivity contribution in [3.63, 3.8) is 0 Å². The van der Waals surface area contributed by atoms with E-state index in [0.29, 0.717) is 0 Å². The van der Waals surface area contributed by atoms with Gasteiger partial charge in [-0.3, -0.25) is 4.99 Å². The lowest BCUT2D eigenvalue weighted by Crippen LogP contribution is -2.08. The molecule has 1 aromatic rings. The lowest BCUT2D eigenvalue weighted by Gasteiger charge is -2.09. The summed E-state index contributed by atoms with van der Waals surface area (Å²) in [4.78, 5) is 4.36. The summed E-state index contributed by atoms with van der Waals surface area (Å²) in [6.45, 7) is 6.25. The minimum Gasteiger partial charge on any atom is -0.287 e. The molecule has 1 heteroatoms. The van der Waals surface area contributed by atoms with E-state index < -0.39 is 0 Å². The molecule has 0 saturated carbocycles. The van der Waals surface area contributed by atoms with Crippen LogP contribution >= 0.6 is 0 Å². The van der Waals surface area contributed by atoms with Gasteiger partial charge in [0.15, 0.2) is 0 Å². The molecule has 0 N–H and O–H groups in total. The minimum absolute atomic E-state index is 0.0149. The summed E-state index contributed by atoms with van der Waals surface area (Å²) < 4.78 is 0. The number of benzene rings is 1. The smallest absolute Gasteiger partial charge is 0.0524 e. The van der Waals surface area contributed by atoms with Crippen molar-refractivity contribution in [1.29, 1.82) is 0 Å². The van der Waals surface area contributed by atoms with Crippen molar-refractivity contribution in [2.75, 3.05) is 0 Å². The van der Waals surface area contributed by atoms with E-state index in [4.69, 9.17) is 0 Å². The second-order valence-electron chi connectivity index (χ2n) is 4.22. The van der Waals surface area contributed by atoms with Crippen LogP contribution in [0.25, 0.3) is 6.08 Å². The zero-order valence-electron chi connectivity index (χ0n) is 9.07. The van der Waals surface area contributed by atoms with Crippen LogP contribution in [-0.4, -0.2) is 11.8 Å². The lowest BCUT2D eigenvalue weighted by molar-refractivity contribution is 0.587. The summed E-state index contributed by atoms with van der Waals surface area (Å²) in [5.74, 6) is 0. The molecule has 1 nitrogen and oxygen atoms in total. The van der Waals surface area contributed by atoms with Gasteiger partial charge in [-0.1, -0.05) is 36.4 Å². The molecule has 0 spiro atoms. The summed E-state index contributed by atoms with van der Waals surface area (Å²) in [6.07, 6.45) is 5.88. The average molecular weight is 187 g/mol. The summed E-state index contributed by atoms with van der Waals surface area (Å²) in [6, 6.07) is 10.2. The number of hydrogen-bond donors (Lipinski definition) is 0. The predicted molar refractivity (Wildman–Crippen MR) is 63.7 cm³/mol. The summed E-state index contributed by atoms with van der Waals surface area (Å²) in [7, 11) is 0. The van der Waals surface area contributed by atoms with Crippen LogP contribution in [0, 0.1) is 0 Å². The van der Waals surface area contributed by atoms with E-state index in [9.17, 15) is 0 Å². The van der Waals surface area contributed by atoms with Gasteiger partial charge >= 0.3 is 0 Å². The van der Waals surface area contributed by atoms with Gasteiger partial charge in [0.25, 0.3) is 0 Å². The van der Waals surface area contributed by atoms with Crippen LogP contribution in [0.2, 0.25) is 0 Å². The highest BCUT2D eigenvalue weighted by atomic mass is 14.8. The van der Waals surface area contributed by atoms with Gasteiger partial charge in [-0.05, 0) is 32.4 Å². The maximum absolute atomic E-state index is 4.36. The Labute approximate surface area is 86.2 Å². The largest absolute Gasteiger partial charge is 0.287 e. The van der Waals surface area contributed by atoms with Gasteiger partial charge < -0.3 is 0 Å². The molecule has 0 aromatic heterocycles. The molecule has 0 bridgehead atoms. The number of allylic oxidation sites excluding steroid dienone is 1. The van der Waals surface area contributed by atoms with Gasteiger partial charge in [0.2, 0.25) is 0 Å². The van der Waals surface area contributed by atoms with Crippen molar-refractivity contribution in [3.05, 3.63) is 42.0 Å². The molecule has 1 aromatic carbocycles. The second-order valence-corrected chi connectivity index (χ2v) is 4.22. The Bertz CT molecular complexity index is 315. The van der Waals surface area contributed by atoms with E-state index in [1.165, 1.54) is 5.56 Å². The van der Waals surface area contributed by atoms with Crippen molar-refractivity contribution in [3.8, 4) is 0 Å². The molecule has 14 heavy (non-hydrogen) atoms. The van der Waals surface area contributed by atoms with Crippen LogP contribution in [-0.2, 0) is 0 Å². The molecule has 0 atom stereocenters. The average Bonchev–Trinajstić information content (AvgIpc) is 2.13. The van der Waals surface area contributed by atoms with Crippen molar-refractivity contribution in [2.45, 2.75) is 26.3 Å². The van der Waals surface area contributed by atoms with E-state index in [1.54, 1.807) is 0 Å². The monoisotopic (exact) mass is 187 g/mol. The highest BCUT2D eigenvalue weighted by Gasteiger charge is 2.02. The Morgan fingerprint density at radius 1 is 1.07 bits per heavy atom. The molecular weight excluding hydrogens is 170 g/mol. The van der Waals surface area contributed by atoms with Gasteiger partial charge in [0, 0.05) is 6.21 Å². The zero-order chi connectivity index (χ0) is 10.4. The lowest BCUT2D eigenvalue weighted by atomic mass is 10.1. The quantitative estimate of drug-likeness (QED) is 0.628. The fraction of sp³-hybridized carbons (Fsp3) is 0.308. The van der Waals surface area contributed by atoms with E-state index >= 15 is 0 Å². The van der Waals surface area contributed by atoms with Gasteiger partial charge in [-0.2, -0.15) is 0 Å². The first-order chi connectivity index (χ1) is 6.58. The van der Waals surface area contributed by atoms with Gasteiger partial charge in [-0.25, -0.2) is 0 Å². The van der Waals surface area contributed by atoms with Crippen molar-refractivity contribution < 1.29 is 0 Å². The Kier molecular flexibility index (Phi) is 3.63. The third kappa shape index (κ3) is 4.61. The van der Waals surface area contributed by atoms with Crippen LogP contribution < -0.4 is 0 Å². The molecule has 0 radical (unpaired) electrons. The molecule has 0 unspecified atom stereocenters. The van der Waals surface area contributed by atoms with Gasteiger partial charge in [0.05, 0.1) is 5.54 Å². The van der Waals surface area contributed by atoms with Crippen LogP contribution in [0.4, 0.5) is 0 Å². The predicted octanol–water partition coefficient (Wildman–Crippen LogP) is 3.57. The molecule has 0 fully saturated rings. The summed E-state index contributed by atoms with van der Waals surface area (Å²) in [5, 5.41) is 0. The van der Waals surface area contributed by atoms with Gasteiger partial charge in [-0.15, -0.1) is 0 Å². The fourth-order valence-corrected chi connectivity index (χ4v) is 0.985. The van der Waals surface area contributed by atoms with Crippen LogP contribution in [0.15, 0.2) is 41.4 Å². The van der Waals surface area contributed by atoms with Crippen molar-refractivity contribution in [1.82, 2.24) is 0 Å². The number of rotatable bonds is 2. The van der Waals surface area contributed by atoms with Gasteiger partial charge in [0.1, 0.15) is 0 Å². The third-order valence-electron chi connectivity index (χ3n) is 1.64. The van der Waals surface area contributed by atoms with Crippen LogP contribution in [0.1, 0.15) is 26.3 Å². The zero-order valence-corrected chi connectivity index (χ0v) is 9.07. The Balaban J connectivity index is 2.54. The molecule has 0 aliphatic rings. The topological polar surface area (TPSA) is 12.4 Å². The van der Waals surface area contributed by atoms with E-state index in [2.05, 4.69) is 44.0 Å². The molecule has 0 aliphatic carbocycles. The summed E-state index contributed by atoms with van der Waals surface area (Å²) >= 11 is 0. The van der Waals surface area contributed by atoms with Crippen LogP contribution in [0.5, 0.6) is 0 Å². The highest BCUT2D eigenvalue weighted by molar-refractivity contribution is 5.78. The molecule has 1 rings (SSSR count). The molecule has 74 valence electrons. The number of aliphatic imine (C=N–C) groups is 1. The summed E-state index contributed by atoms with van der Waals surface area (Å²) in [5.41, 5.74) is 1.22. The normalized spacial score (nSPS) is 12.8. The number of nitrogens with zero attached hydrogens (tertiary/aromatic N) is 1. The third-order valence-corrected chi connectivity index (χ3v) is 1.64. The Hall–Kier alpha value is -1.37. The first-order valence-corrected chi connectivity index (χ1v) is 4.85. The molecule has 0 heterocycles. The standard InChI is InChI=1S/C13H17N/c1-13(2,3)14-11-7-10-12-8-5-4-6-9-12/h4-11H,1-3H3. The minimum atomic E-state index is 0.0149. The SMILES string of the molecule is CC(C)(C)N=CC=Cc1ccccc1.